The Labute approximate surface area is 126 Å². The largest absolute Gasteiger partial charge is 0.289 e. The fraction of sp³-hybridized carbons (Fsp3) is 0.188. The highest BCUT2D eigenvalue weighted by atomic mass is 79.9. The molecule has 0 saturated heterocycles. The molecule has 0 amide bonds. The molecular weight excluding hydrogens is 324 g/mol. The summed E-state index contributed by atoms with van der Waals surface area (Å²) in [6.07, 6.45) is 2.04. The second-order valence-electron chi connectivity index (χ2n) is 4.38. The lowest BCUT2D eigenvalue weighted by molar-refractivity contribution is 0.103. The van der Waals surface area contributed by atoms with Crippen molar-refractivity contribution in [1.82, 2.24) is 0 Å². The number of rotatable bonds is 4. The second kappa shape index (κ2) is 6.36. The molecule has 3 heteroatoms. The highest BCUT2D eigenvalue weighted by molar-refractivity contribution is 9.10. The van der Waals surface area contributed by atoms with Gasteiger partial charge in [-0.1, -0.05) is 49.2 Å². The Morgan fingerprint density at radius 2 is 1.95 bits per heavy atom. The summed E-state index contributed by atoms with van der Waals surface area (Å²) in [7, 11) is 0. The van der Waals surface area contributed by atoms with Gasteiger partial charge in [-0.25, -0.2) is 0 Å². The second-order valence-corrected chi connectivity index (χ2v) is 5.61. The zero-order chi connectivity index (χ0) is 13.8. The molecule has 0 aromatic heterocycles. The van der Waals surface area contributed by atoms with E-state index < -0.39 is 0 Å². The van der Waals surface area contributed by atoms with Crippen molar-refractivity contribution in [2.45, 2.75) is 19.8 Å². The Hall–Kier alpha value is -1.12. The van der Waals surface area contributed by atoms with Crippen LogP contribution in [0, 0.1) is 0 Å². The fourth-order valence-electron chi connectivity index (χ4n) is 1.99. The van der Waals surface area contributed by atoms with Crippen molar-refractivity contribution in [2.75, 3.05) is 0 Å². The van der Waals surface area contributed by atoms with Crippen LogP contribution < -0.4 is 0 Å². The van der Waals surface area contributed by atoms with Crippen LogP contribution in [-0.2, 0) is 6.42 Å². The van der Waals surface area contributed by atoms with Gasteiger partial charge in [0.15, 0.2) is 5.78 Å². The molecule has 2 aromatic rings. The third-order valence-corrected chi connectivity index (χ3v) is 4.22. The summed E-state index contributed by atoms with van der Waals surface area (Å²) in [5.41, 5.74) is 2.40. The maximum Gasteiger partial charge on any atom is 0.194 e. The topological polar surface area (TPSA) is 17.1 Å². The smallest absolute Gasteiger partial charge is 0.194 e. The standard InChI is InChI=1S/C16H14BrClO/c1-2-5-11-6-3-7-12(10-11)16(19)13-8-4-9-14(17)15(13)18/h3-4,6-10H,2,5H2,1H3. The zero-order valence-electron chi connectivity index (χ0n) is 10.6. The molecule has 0 heterocycles. The first-order valence-electron chi connectivity index (χ1n) is 6.21. The third-order valence-electron chi connectivity index (χ3n) is 2.92. The van der Waals surface area contributed by atoms with Gasteiger partial charge in [0.25, 0.3) is 0 Å². The van der Waals surface area contributed by atoms with Crippen LogP contribution in [0.3, 0.4) is 0 Å². The minimum Gasteiger partial charge on any atom is -0.289 e. The van der Waals surface area contributed by atoms with Crippen LogP contribution in [0.2, 0.25) is 5.02 Å². The van der Waals surface area contributed by atoms with Crippen molar-refractivity contribution in [1.29, 1.82) is 0 Å². The van der Waals surface area contributed by atoms with E-state index in [4.69, 9.17) is 11.6 Å². The molecule has 0 aliphatic rings. The molecule has 0 saturated carbocycles. The lowest BCUT2D eigenvalue weighted by Gasteiger charge is -2.07. The first kappa shape index (κ1) is 14.3. The van der Waals surface area contributed by atoms with Crippen molar-refractivity contribution >= 4 is 33.3 Å². The maximum atomic E-state index is 12.5. The van der Waals surface area contributed by atoms with Gasteiger partial charge in [0.1, 0.15) is 0 Å². The van der Waals surface area contributed by atoms with Crippen LogP contribution in [0.25, 0.3) is 0 Å². The molecule has 1 nitrogen and oxygen atoms in total. The molecule has 2 aromatic carbocycles. The van der Waals surface area contributed by atoms with Crippen LogP contribution in [0.4, 0.5) is 0 Å². The summed E-state index contributed by atoms with van der Waals surface area (Å²) in [5.74, 6) is -0.0377. The average molecular weight is 338 g/mol. The number of hydrogen-bond acceptors (Lipinski definition) is 1. The van der Waals surface area contributed by atoms with E-state index in [1.807, 2.05) is 36.4 Å². The van der Waals surface area contributed by atoms with E-state index in [0.29, 0.717) is 16.1 Å². The zero-order valence-corrected chi connectivity index (χ0v) is 13.0. The van der Waals surface area contributed by atoms with Gasteiger partial charge in [0.2, 0.25) is 0 Å². The summed E-state index contributed by atoms with van der Waals surface area (Å²) in [6.45, 7) is 2.12. The summed E-state index contributed by atoms with van der Waals surface area (Å²) in [6, 6.07) is 13.1. The Balaban J connectivity index is 2.38. The molecule has 0 fully saturated rings. The summed E-state index contributed by atoms with van der Waals surface area (Å²) < 4.78 is 0.740. The number of hydrogen-bond donors (Lipinski definition) is 0. The van der Waals surface area contributed by atoms with Crippen molar-refractivity contribution in [3.05, 3.63) is 68.7 Å². The van der Waals surface area contributed by atoms with Gasteiger partial charge in [-0.2, -0.15) is 0 Å². The van der Waals surface area contributed by atoms with Gasteiger partial charge in [-0.15, -0.1) is 0 Å². The van der Waals surface area contributed by atoms with Crippen molar-refractivity contribution in [3.8, 4) is 0 Å². The minimum atomic E-state index is -0.0377. The van der Waals surface area contributed by atoms with E-state index in [1.54, 1.807) is 6.07 Å². The third kappa shape index (κ3) is 3.26. The molecule has 0 atom stereocenters. The normalized spacial score (nSPS) is 10.5. The van der Waals surface area contributed by atoms with E-state index in [-0.39, 0.29) is 5.78 Å². The van der Waals surface area contributed by atoms with E-state index in [2.05, 4.69) is 22.9 Å². The lowest BCUT2D eigenvalue weighted by atomic mass is 10.00. The number of ketones is 1. The van der Waals surface area contributed by atoms with Gasteiger partial charge < -0.3 is 0 Å². The van der Waals surface area contributed by atoms with Gasteiger partial charge in [-0.05, 0) is 46.1 Å². The molecule has 0 bridgehead atoms. The summed E-state index contributed by atoms with van der Waals surface area (Å²) in [4.78, 5) is 12.5. The molecule has 0 spiro atoms. The Morgan fingerprint density at radius 3 is 2.68 bits per heavy atom. The Bertz CT molecular complexity index is 607. The minimum absolute atomic E-state index is 0.0377. The van der Waals surface area contributed by atoms with Crippen LogP contribution in [-0.4, -0.2) is 5.78 Å². The van der Waals surface area contributed by atoms with Crippen molar-refractivity contribution in [3.63, 3.8) is 0 Å². The Kier molecular flexibility index (Phi) is 4.78. The number of carbonyl (C=O) groups is 1. The molecule has 0 aliphatic heterocycles. The SMILES string of the molecule is CCCc1cccc(C(=O)c2cccc(Br)c2Cl)c1. The van der Waals surface area contributed by atoms with Crippen molar-refractivity contribution in [2.24, 2.45) is 0 Å². The van der Waals surface area contributed by atoms with Gasteiger partial charge in [0.05, 0.1) is 5.02 Å². The molecule has 19 heavy (non-hydrogen) atoms. The number of benzene rings is 2. The average Bonchev–Trinajstić information content (AvgIpc) is 2.42. The number of aryl methyl sites for hydroxylation is 1. The van der Waals surface area contributed by atoms with E-state index in [0.717, 1.165) is 17.3 Å². The van der Waals surface area contributed by atoms with Crippen LogP contribution in [0.1, 0.15) is 34.8 Å². The molecule has 2 rings (SSSR count). The number of halogens is 2. The van der Waals surface area contributed by atoms with Crippen LogP contribution in [0.5, 0.6) is 0 Å². The first-order valence-corrected chi connectivity index (χ1v) is 7.38. The fourth-order valence-corrected chi connectivity index (χ4v) is 2.57. The summed E-state index contributed by atoms with van der Waals surface area (Å²) >= 11 is 9.51. The monoisotopic (exact) mass is 336 g/mol. The molecular formula is C16H14BrClO. The van der Waals surface area contributed by atoms with Gasteiger partial charge in [-0.3, -0.25) is 4.79 Å². The van der Waals surface area contributed by atoms with Crippen LogP contribution in [0.15, 0.2) is 46.9 Å². The highest BCUT2D eigenvalue weighted by Crippen LogP contribution is 2.28. The van der Waals surface area contributed by atoms with Crippen LogP contribution >= 0.6 is 27.5 Å². The molecule has 98 valence electrons. The Morgan fingerprint density at radius 1 is 1.21 bits per heavy atom. The van der Waals surface area contributed by atoms with Crippen molar-refractivity contribution < 1.29 is 4.79 Å². The van der Waals surface area contributed by atoms with E-state index >= 15 is 0 Å². The molecule has 0 N–H and O–H groups in total. The molecule has 0 aliphatic carbocycles. The summed E-state index contributed by atoms with van der Waals surface area (Å²) in [5, 5.41) is 0.466. The predicted octanol–water partition coefficient (Wildman–Crippen LogP) is 5.29. The predicted molar refractivity (Wildman–Crippen MR) is 83.0 cm³/mol. The highest BCUT2D eigenvalue weighted by Gasteiger charge is 2.14. The number of carbonyl (C=O) groups excluding carboxylic acids is 1. The van der Waals surface area contributed by atoms with Gasteiger partial charge in [0, 0.05) is 15.6 Å². The maximum absolute atomic E-state index is 12.5. The van der Waals surface area contributed by atoms with E-state index in [9.17, 15) is 4.79 Å². The first-order chi connectivity index (χ1) is 9.13. The quantitative estimate of drug-likeness (QED) is 0.693. The molecule has 0 unspecified atom stereocenters. The van der Waals surface area contributed by atoms with Gasteiger partial charge >= 0.3 is 0 Å². The van der Waals surface area contributed by atoms with E-state index in [1.165, 1.54) is 5.56 Å². The lowest BCUT2D eigenvalue weighted by Crippen LogP contribution is -2.03. The molecule has 0 radical (unpaired) electrons.